The Bertz CT molecular complexity index is 400. The van der Waals surface area contributed by atoms with Crippen LogP contribution < -0.4 is 5.32 Å². The van der Waals surface area contributed by atoms with Gasteiger partial charge >= 0.3 is 0 Å². The van der Waals surface area contributed by atoms with E-state index in [1.54, 1.807) is 12.1 Å². The molecule has 19 heavy (non-hydrogen) atoms. The Morgan fingerprint density at radius 2 is 1.74 bits per heavy atom. The van der Waals surface area contributed by atoms with Gasteiger partial charge in [-0.3, -0.25) is 4.79 Å². The molecule has 0 saturated carbocycles. The Hall–Kier alpha value is -1.38. The summed E-state index contributed by atoms with van der Waals surface area (Å²) >= 11 is 0. The summed E-state index contributed by atoms with van der Waals surface area (Å²) < 4.78 is 12.8. The molecule has 2 nitrogen and oxygen atoms in total. The lowest BCUT2D eigenvalue weighted by Gasteiger charge is -2.18. The SMILES string of the molecule is CC(C)[C@H](C)CC(=O)N[C@H](C)Cc1ccc(F)cc1. The van der Waals surface area contributed by atoms with Crippen molar-refractivity contribution < 1.29 is 9.18 Å². The number of nitrogens with one attached hydrogen (secondary N) is 1. The number of carbonyl (C=O) groups excluding carboxylic acids is 1. The average Bonchev–Trinajstić information content (AvgIpc) is 2.31. The zero-order chi connectivity index (χ0) is 14.4. The van der Waals surface area contributed by atoms with Gasteiger partial charge in [-0.2, -0.15) is 0 Å². The second kappa shape index (κ2) is 7.27. The van der Waals surface area contributed by atoms with Crippen LogP contribution in [-0.4, -0.2) is 11.9 Å². The molecule has 0 aliphatic carbocycles. The van der Waals surface area contributed by atoms with Crippen LogP contribution >= 0.6 is 0 Å². The molecule has 1 aromatic rings. The van der Waals surface area contributed by atoms with Crippen molar-refractivity contribution in [1.82, 2.24) is 5.32 Å². The molecule has 0 heterocycles. The third-order valence-electron chi connectivity index (χ3n) is 3.51. The molecule has 3 heteroatoms. The first-order valence-corrected chi connectivity index (χ1v) is 6.92. The highest BCUT2D eigenvalue weighted by atomic mass is 19.1. The van der Waals surface area contributed by atoms with Crippen LogP contribution in [-0.2, 0) is 11.2 Å². The largest absolute Gasteiger partial charge is 0.353 e. The maximum atomic E-state index is 12.8. The van der Waals surface area contributed by atoms with Gasteiger partial charge in [-0.25, -0.2) is 4.39 Å². The molecular weight excluding hydrogens is 241 g/mol. The summed E-state index contributed by atoms with van der Waals surface area (Å²) in [5.41, 5.74) is 1.03. The van der Waals surface area contributed by atoms with Gasteiger partial charge in [0.15, 0.2) is 0 Å². The highest BCUT2D eigenvalue weighted by Gasteiger charge is 2.14. The maximum absolute atomic E-state index is 12.8. The number of rotatable bonds is 6. The summed E-state index contributed by atoms with van der Waals surface area (Å²) in [6.07, 6.45) is 1.29. The molecule has 0 radical (unpaired) electrons. The first-order valence-electron chi connectivity index (χ1n) is 6.92. The predicted octanol–water partition coefficient (Wildman–Crippen LogP) is 3.56. The molecule has 0 aliphatic rings. The summed E-state index contributed by atoms with van der Waals surface area (Å²) in [7, 11) is 0. The van der Waals surface area contributed by atoms with Crippen molar-refractivity contribution >= 4 is 5.91 Å². The number of benzene rings is 1. The molecule has 2 atom stereocenters. The number of hydrogen-bond donors (Lipinski definition) is 1. The molecule has 0 fully saturated rings. The normalized spacial score (nSPS) is 14.2. The lowest BCUT2D eigenvalue weighted by atomic mass is 9.94. The van der Waals surface area contributed by atoms with Crippen molar-refractivity contribution in [3.63, 3.8) is 0 Å². The molecule has 106 valence electrons. The number of carbonyl (C=O) groups is 1. The van der Waals surface area contributed by atoms with Gasteiger partial charge in [0.1, 0.15) is 5.82 Å². The van der Waals surface area contributed by atoms with Crippen LogP contribution in [0.3, 0.4) is 0 Å². The minimum atomic E-state index is -0.230. The minimum Gasteiger partial charge on any atom is -0.353 e. The predicted molar refractivity (Wildman–Crippen MR) is 76.3 cm³/mol. The van der Waals surface area contributed by atoms with E-state index in [0.717, 1.165) is 12.0 Å². The van der Waals surface area contributed by atoms with Crippen LogP contribution in [0, 0.1) is 17.7 Å². The smallest absolute Gasteiger partial charge is 0.220 e. The molecule has 0 unspecified atom stereocenters. The van der Waals surface area contributed by atoms with Gasteiger partial charge in [0.25, 0.3) is 0 Å². The number of amides is 1. The summed E-state index contributed by atoms with van der Waals surface area (Å²) in [5.74, 6) is 0.762. The van der Waals surface area contributed by atoms with Crippen LogP contribution in [0.5, 0.6) is 0 Å². The van der Waals surface area contributed by atoms with E-state index in [9.17, 15) is 9.18 Å². The second-order valence-corrected chi connectivity index (χ2v) is 5.72. The van der Waals surface area contributed by atoms with E-state index in [1.165, 1.54) is 12.1 Å². The fourth-order valence-corrected chi connectivity index (χ4v) is 1.89. The molecular formula is C16H24FNO. The molecule has 1 N–H and O–H groups in total. The van der Waals surface area contributed by atoms with Crippen molar-refractivity contribution in [2.45, 2.75) is 46.6 Å². The van der Waals surface area contributed by atoms with Crippen molar-refractivity contribution in [2.24, 2.45) is 11.8 Å². The van der Waals surface area contributed by atoms with E-state index in [1.807, 2.05) is 6.92 Å². The first-order chi connectivity index (χ1) is 8.88. The first kappa shape index (κ1) is 15.7. The van der Waals surface area contributed by atoms with Crippen LogP contribution in [0.1, 0.15) is 39.7 Å². The minimum absolute atomic E-state index is 0.0670. The van der Waals surface area contributed by atoms with E-state index in [0.29, 0.717) is 18.3 Å². The molecule has 1 rings (SSSR count). The van der Waals surface area contributed by atoms with Gasteiger partial charge in [-0.15, -0.1) is 0 Å². The highest BCUT2D eigenvalue weighted by molar-refractivity contribution is 5.76. The fourth-order valence-electron chi connectivity index (χ4n) is 1.89. The topological polar surface area (TPSA) is 29.1 Å². The molecule has 0 saturated heterocycles. The Kier molecular flexibility index (Phi) is 6.00. The molecule has 1 amide bonds. The monoisotopic (exact) mass is 265 g/mol. The Balaban J connectivity index is 2.40. The third kappa shape index (κ3) is 5.86. The molecule has 0 aromatic heterocycles. The zero-order valence-electron chi connectivity index (χ0n) is 12.2. The lowest BCUT2D eigenvalue weighted by molar-refractivity contribution is -0.122. The van der Waals surface area contributed by atoms with Crippen molar-refractivity contribution in [3.8, 4) is 0 Å². The van der Waals surface area contributed by atoms with E-state index < -0.39 is 0 Å². The molecule has 0 bridgehead atoms. The summed E-state index contributed by atoms with van der Waals surface area (Å²) in [5, 5.41) is 3.00. The quantitative estimate of drug-likeness (QED) is 0.837. The van der Waals surface area contributed by atoms with Gasteiger partial charge in [0.2, 0.25) is 5.91 Å². The summed E-state index contributed by atoms with van der Waals surface area (Å²) in [4.78, 5) is 11.8. The van der Waals surface area contributed by atoms with Crippen molar-refractivity contribution in [2.75, 3.05) is 0 Å². The second-order valence-electron chi connectivity index (χ2n) is 5.72. The van der Waals surface area contributed by atoms with Crippen LogP contribution in [0.25, 0.3) is 0 Å². The summed E-state index contributed by atoms with van der Waals surface area (Å²) in [6, 6.07) is 6.48. The molecule has 1 aromatic carbocycles. The summed E-state index contributed by atoms with van der Waals surface area (Å²) in [6.45, 7) is 8.32. The van der Waals surface area contributed by atoms with Gasteiger partial charge < -0.3 is 5.32 Å². The van der Waals surface area contributed by atoms with Gasteiger partial charge in [0.05, 0.1) is 0 Å². The average molecular weight is 265 g/mol. The van der Waals surface area contributed by atoms with Gasteiger partial charge in [0, 0.05) is 12.5 Å². The zero-order valence-corrected chi connectivity index (χ0v) is 12.2. The van der Waals surface area contributed by atoms with Gasteiger partial charge in [-0.05, 0) is 42.9 Å². The van der Waals surface area contributed by atoms with Crippen LogP contribution in [0.15, 0.2) is 24.3 Å². The number of hydrogen-bond acceptors (Lipinski definition) is 1. The van der Waals surface area contributed by atoms with E-state index in [4.69, 9.17) is 0 Å². The Morgan fingerprint density at radius 1 is 1.16 bits per heavy atom. The highest BCUT2D eigenvalue weighted by Crippen LogP contribution is 2.14. The standard InChI is InChI=1S/C16H24FNO/c1-11(2)12(3)9-16(19)18-13(4)10-14-5-7-15(17)8-6-14/h5-8,11-13H,9-10H2,1-4H3,(H,18,19)/t12-,13-/m1/s1. The van der Waals surface area contributed by atoms with Crippen molar-refractivity contribution in [1.29, 1.82) is 0 Å². The van der Waals surface area contributed by atoms with E-state index >= 15 is 0 Å². The maximum Gasteiger partial charge on any atom is 0.220 e. The van der Waals surface area contributed by atoms with Gasteiger partial charge in [-0.1, -0.05) is 32.9 Å². The molecule has 0 spiro atoms. The van der Waals surface area contributed by atoms with Crippen molar-refractivity contribution in [3.05, 3.63) is 35.6 Å². The van der Waals surface area contributed by atoms with E-state index in [2.05, 4.69) is 26.1 Å². The van der Waals surface area contributed by atoms with E-state index in [-0.39, 0.29) is 17.8 Å². The Labute approximate surface area is 115 Å². The fraction of sp³-hybridized carbons (Fsp3) is 0.562. The Morgan fingerprint density at radius 3 is 2.26 bits per heavy atom. The molecule has 0 aliphatic heterocycles. The van der Waals surface area contributed by atoms with Crippen LogP contribution in [0.2, 0.25) is 0 Å². The third-order valence-corrected chi connectivity index (χ3v) is 3.51. The lowest BCUT2D eigenvalue weighted by Crippen LogP contribution is -2.35. The van der Waals surface area contributed by atoms with Crippen LogP contribution in [0.4, 0.5) is 4.39 Å². The number of halogens is 1.